The molecule has 0 fully saturated rings. The summed E-state index contributed by atoms with van der Waals surface area (Å²) >= 11 is 0. The Bertz CT molecular complexity index is 1520. The van der Waals surface area contributed by atoms with Crippen LogP contribution in [0.4, 0.5) is 0 Å². The van der Waals surface area contributed by atoms with Gasteiger partial charge in [-0.15, -0.1) is 0 Å². The van der Waals surface area contributed by atoms with E-state index in [1.54, 1.807) is 0 Å². The maximum Gasteiger partial charge on any atom is 0.271 e. The highest BCUT2D eigenvalue weighted by molar-refractivity contribution is 6.75. The average Bonchev–Trinajstić information content (AvgIpc) is 3.22. The first-order chi connectivity index (χ1) is 18.6. The monoisotopic (exact) mass is 574 g/mol. The molecule has 0 bridgehead atoms. The molecule has 5 nitrogen and oxygen atoms in total. The molecule has 0 N–H and O–H groups in total. The van der Waals surface area contributed by atoms with Gasteiger partial charge in [-0.1, -0.05) is 59.7 Å². The van der Waals surface area contributed by atoms with Gasteiger partial charge in [-0.2, -0.15) is 0 Å². The first kappa shape index (κ1) is 28.4. The SMILES string of the molecule is CC(C)(C)[Si](C)(C)Oc1ccc2c(c1)OC(Oc1ccccc1)c1c-2oc2cc(O[Si](C)(C)C(C)(C)C)ccc12. The molecule has 40 heavy (non-hydrogen) atoms. The molecule has 1 aliphatic heterocycles. The van der Waals surface area contributed by atoms with Crippen molar-refractivity contribution in [3.8, 4) is 34.3 Å². The highest BCUT2D eigenvalue weighted by atomic mass is 28.4. The van der Waals surface area contributed by atoms with Crippen molar-refractivity contribution in [3.63, 3.8) is 0 Å². The van der Waals surface area contributed by atoms with Gasteiger partial charge >= 0.3 is 0 Å². The number of para-hydroxylation sites is 1. The number of furan rings is 1. The molecule has 1 aliphatic rings. The summed E-state index contributed by atoms with van der Waals surface area (Å²) in [5.74, 6) is 3.78. The zero-order valence-corrected chi connectivity index (χ0v) is 27.5. The van der Waals surface area contributed by atoms with Gasteiger partial charge in [0.25, 0.3) is 6.29 Å². The van der Waals surface area contributed by atoms with E-state index < -0.39 is 22.9 Å². The zero-order chi connectivity index (χ0) is 29.1. The summed E-state index contributed by atoms with van der Waals surface area (Å²) in [4.78, 5) is 0. The van der Waals surface area contributed by atoms with Crippen molar-refractivity contribution in [2.75, 3.05) is 0 Å². The van der Waals surface area contributed by atoms with Crippen LogP contribution in [-0.2, 0) is 0 Å². The van der Waals surface area contributed by atoms with Crippen LogP contribution in [0.5, 0.6) is 23.0 Å². The molecule has 4 aromatic rings. The Morgan fingerprint density at radius 3 is 1.85 bits per heavy atom. The molecule has 0 aliphatic carbocycles. The summed E-state index contributed by atoms with van der Waals surface area (Å²) in [6.07, 6.45) is -0.679. The Morgan fingerprint density at radius 2 is 1.25 bits per heavy atom. The minimum Gasteiger partial charge on any atom is -0.543 e. The second-order valence-corrected chi connectivity index (χ2v) is 23.2. The maximum absolute atomic E-state index is 6.60. The van der Waals surface area contributed by atoms with Gasteiger partial charge in [0.2, 0.25) is 16.6 Å². The Labute approximate surface area is 240 Å². The van der Waals surface area contributed by atoms with Gasteiger partial charge in [-0.25, -0.2) is 0 Å². The number of ether oxygens (including phenoxy) is 2. The number of fused-ring (bicyclic) bond motifs is 5. The lowest BCUT2D eigenvalue weighted by molar-refractivity contribution is 0.00208. The van der Waals surface area contributed by atoms with Crippen molar-refractivity contribution in [1.29, 1.82) is 0 Å². The minimum atomic E-state index is -2.03. The van der Waals surface area contributed by atoms with Crippen molar-refractivity contribution in [2.24, 2.45) is 0 Å². The first-order valence-corrected chi connectivity index (χ1v) is 19.8. The van der Waals surface area contributed by atoms with E-state index in [4.69, 9.17) is 22.7 Å². The molecule has 5 rings (SSSR count). The van der Waals surface area contributed by atoms with E-state index in [2.05, 4.69) is 73.8 Å². The number of hydrogen-bond donors (Lipinski definition) is 0. The standard InChI is InChI=1S/C33H42O5Si2/c1-32(2,3)39(7,8)37-23-16-18-25-27(20-23)35-30-26-19-17-24(38-40(9,10)33(4,5)6)21-28(26)36-31(29(25)30)34-22-14-12-11-13-15-22/h11-21,31H,1-10H3. The lowest BCUT2D eigenvalue weighted by Crippen LogP contribution is -2.43. The summed E-state index contributed by atoms with van der Waals surface area (Å²) < 4.78 is 32.7. The molecule has 0 radical (unpaired) electrons. The van der Waals surface area contributed by atoms with Crippen molar-refractivity contribution >= 4 is 27.6 Å². The number of benzene rings is 3. The largest absolute Gasteiger partial charge is 0.543 e. The second kappa shape index (κ2) is 9.73. The van der Waals surface area contributed by atoms with Crippen LogP contribution < -0.4 is 18.3 Å². The number of hydrogen-bond acceptors (Lipinski definition) is 5. The molecule has 1 aromatic heterocycles. The van der Waals surface area contributed by atoms with Crippen LogP contribution in [0.3, 0.4) is 0 Å². The fourth-order valence-electron chi connectivity index (χ4n) is 4.22. The molecular weight excluding hydrogens is 533 g/mol. The third-order valence-corrected chi connectivity index (χ3v) is 17.4. The maximum atomic E-state index is 6.60. The highest BCUT2D eigenvalue weighted by Crippen LogP contribution is 2.50. The van der Waals surface area contributed by atoms with Crippen molar-refractivity contribution in [1.82, 2.24) is 0 Å². The molecule has 1 atom stereocenters. The predicted octanol–water partition coefficient (Wildman–Crippen LogP) is 10.3. The third-order valence-electron chi connectivity index (χ3n) is 8.71. The van der Waals surface area contributed by atoms with Crippen LogP contribution in [0.15, 0.2) is 71.1 Å². The molecule has 0 amide bonds. The van der Waals surface area contributed by atoms with Gasteiger partial charge in [0, 0.05) is 17.5 Å². The van der Waals surface area contributed by atoms with Crippen LogP contribution in [-0.4, -0.2) is 16.6 Å². The third kappa shape index (κ3) is 5.29. The van der Waals surface area contributed by atoms with Gasteiger partial charge < -0.3 is 22.7 Å². The molecule has 7 heteroatoms. The van der Waals surface area contributed by atoms with Crippen molar-refractivity contribution in [3.05, 3.63) is 72.3 Å². The molecule has 1 unspecified atom stereocenters. The normalized spacial score (nSPS) is 15.7. The fraction of sp³-hybridized carbons (Fsp3) is 0.394. The van der Waals surface area contributed by atoms with E-state index in [1.165, 1.54) is 0 Å². The van der Waals surface area contributed by atoms with E-state index >= 15 is 0 Å². The average molecular weight is 575 g/mol. The zero-order valence-electron chi connectivity index (χ0n) is 25.5. The molecular formula is C33H42O5Si2. The van der Waals surface area contributed by atoms with Gasteiger partial charge in [0.1, 0.15) is 34.3 Å². The second-order valence-electron chi connectivity index (χ2n) is 13.8. The molecule has 0 saturated heterocycles. The minimum absolute atomic E-state index is 0.0822. The molecule has 2 heterocycles. The summed E-state index contributed by atoms with van der Waals surface area (Å²) in [5, 5.41) is 1.13. The van der Waals surface area contributed by atoms with E-state index in [0.717, 1.165) is 45.1 Å². The Kier molecular flexibility index (Phi) is 6.90. The highest BCUT2D eigenvalue weighted by Gasteiger charge is 2.41. The Balaban J connectivity index is 1.59. The molecule has 0 saturated carbocycles. The van der Waals surface area contributed by atoms with Gasteiger partial charge in [0.15, 0.2) is 0 Å². The summed E-state index contributed by atoms with van der Waals surface area (Å²) in [6.45, 7) is 22.4. The van der Waals surface area contributed by atoms with Crippen LogP contribution in [0.1, 0.15) is 53.4 Å². The predicted molar refractivity (Wildman–Crippen MR) is 168 cm³/mol. The van der Waals surface area contributed by atoms with Crippen LogP contribution >= 0.6 is 0 Å². The lowest BCUT2D eigenvalue weighted by Gasteiger charge is -2.36. The van der Waals surface area contributed by atoms with Crippen molar-refractivity contribution in [2.45, 2.75) is 84.1 Å². The summed E-state index contributed by atoms with van der Waals surface area (Å²) in [5.41, 5.74) is 2.51. The molecule has 3 aromatic carbocycles. The first-order valence-electron chi connectivity index (χ1n) is 14.0. The van der Waals surface area contributed by atoms with E-state index in [0.29, 0.717) is 5.75 Å². The quantitative estimate of drug-likeness (QED) is 0.214. The summed E-state index contributed by atoms with van der Waals surface area (Å²) in [7, 11) is -4.04. The van der Waals surface area contributed by atoms with Gasteiger partial charge in [-0.05, 0) is 72.7 Å². The fourth-order valence-corrected chi connectivity index (χ4v) is 6.27. The molecule has 0 spiro atoms. The lowest BCUT2D eigenvalue weighted by atomic mass is 10.0. The van der Waals surface area contributed by atoms with Crippen LogP contribution in [0.2, 0.25) is 36.3 Å². The van der Waals surface area contributed by atoms with E-state index in [-0.39, 0.29) is 10.1 Å². The van der Waals surface area contributed by atoms with E-state index in [1.807, 2.05) is 60.7 Å². The topological polar surface area (TPSA) is 50.1 Å². The van der Waals surface area contributed by atoms with Gasteiger partial charge in [0.05, 0.1) is 11.1 Å². The van der Waals surface area contributed by atoms with E-state index in [9.17, 15) is 0 Å². The Morgan fingerprint density at radius 1 is 0.675 bits per heavy atom. The Hall–Kier alpha value is -3.17. The van der Waals surface area contributed by atoms with Gasteiger partial charge in [-0.3, -0.25) is 0 Å². The van der Waals surface area contributed by atoms with Crippen LogP contribution in [0.25, 0.3) is 22.3 Å². The molecule has 212 valence electrons. The van der Waals surface area contributed by atoms with Crippen LogP contribution in [0, 0.1) is 0 Å². The van der Waals surface area contributed by atoms with Crippen molar-refractivity contribution < 1.29 is 22.7 Å². The summed E-state index contributed by atoms with van der Waals surface area (Å²) in [6, 6.07) is 21.9. The smallest absolute Gasteiger partial charge is 0.271 e. The number of rotatable bonds is 6.